The van der Waals surface area contributed by atoms with E-state index in [9.17, 15) is 9.59 Å². The third-order valence-corrected chi connectivity index (χ3v) is 6.00. The molecule has 3 heterocycles. The number of nitrogens with one attached hydrogen (secondary N) is 2. The zero-order valence-electron chi connectivity index (χ0n) is 17.6. The quantitative estimate of drug-likeness (QED) is 0.448. The molecule has 0 atom stereocenters. The molecule has 0 saturated heterocycles. The van der Waals surface area contributed by atoms with Crippen LogP contribution in [0.4, 0.5) is 5.69 Å². The summed E-state index contributed by atoms with van der Waals surface area (Å²) in [5.41, 5.74) is 4.41. The van der Waals surface area contributed by atoms with E-state index in [4.69, 9.17) is 0 Å². The van der Waals surface area contributed by atoms with Gasteiger partial charge in [-0.3, -0.25) is 14.0 Å². The van der Waals surface area contributed by atoms with Crippen LogP contribution in [0.1, 0.15) is 34.7 Å². The molecule has 0 fully saturated rings. The first-order valence-electron chi connectivity index (χ1n) is 10.8. The molecule has 0 aliphatic heterocycles. The maximum absolute atomic E-state index is 12.8. The third kappa shape index (κ3) is 3.34. The van der Waals surface area contributed by atoms with Crippen LogP contribution in [0, 0.1) is 0 Å². The van der Waals surface area contributed by atoms with E-state index in [2.05, 4.69) is 30.7 Å². The average molecular weight is 437 g/mol. The lowest BCUT2D eigenvalue weighted by atomic mass is 10.0. The van der Waals surface area contributed by atoms with E-state index in [0.717, 1.165) is 42.6 Å². The summed E-state index contributed by atoms with van der Waals surface area (Å²) in [7, 11) is 0. The van der Waals surface area contributed by atoms with Gasteiger partial charge in [0.1, 0.15) is 0 Å². The molecule has 33 heavy (non-hydrogen) atoms. The molecule has 162 valence electrons. The number of imidazole rings is 1. The number of anilines is 1. The maximum Gasteiger partial charge on any atom is 0.276 e. The van der Waals surface area contributed by atoms with Gasteiger partial charge in [0.2, 0.25) is 0 Å². The molecule has 9 heteroatoms. The minimum absolute atomic E-state index is 0.165. The van der Waals surface area contributed by atoms with Gasteiger partial charge in [-0.1, -0.05) is 30.3 Å². The lowest BCUT2D eigenvalue weighted by molar-refractivity contribution is 0.102. The Bertz CT molecular complexity index is 1580. The molecule has 9 nitrogen and oxygen atoms in total. The fourth-order valence-electron chi connectivity index (χ4n) is 4.33. The normalized spacial score (nSPS) is 13.2. The van der Waals surface area contributed by atoms with Crippen LogP contribution in [0.2, 0.25) is 0 Å². The zero-order valence-corrected chi connectivity index (χ0v) is 17.6. The minimum atomic E-state index is -0.398. The first-order valence-corrected chi connectivity index (χ1v) is 10.8. The van der Waals surface area contributed by atoms with Crippen molar-refractivity contribution >= 4 is 28.1 Å². The van der Waals surface area contributed by atoms with E-state index in [0.29, 0.717) is 22.2 Å². The summed E-state index contributed by atoms with van der Waals surface area (Å²) in [6, 6.07) is 14.3. The molecule has 1 aliphatic rings. The van der Waals surface area contributed by atoms with E-state index in [-0.39, 0.29) is 11.3 Å². The van der Waals surface area contributed by atoms with Crippen LogP contribution in [-0.2, 0) is 12.8 Å². The summed E-state index contributed by atoms with van der Waals surface area (Å²) in [5.74, 6) is 0.198. The van der Waals surface area contributed by atoms with E-state index in [1.165, 1.54) is 5.69 Å². The Morgan fingerprint density at radius 2 is 1.76 bits per heavy atom. The summed E-state index contributed by atoms with van der Waals surface area (Å²) in [6.07, 6.45) is 6.23. The molecule has 5 aromatic rings. The molecule has 0 bridgehead atoms. The topological polar surface area (TPSA) is 118 Å². The second kappa shape index (κ2) is 7.63. The summed E-state index contributed by atoms with van der Waals surface area (Å²) in [5, 5.41) is 18.7. The highest BCUT2D eigenvalue weighted by Crippen LogP contribution is 2.25. The van der Waals surface area contributed by atoms with Crippen molar-refractivity contribution < 1.29 is 4.79 Å². The van der Waals surface area contributed by atoms with Crippen molar-refractivity contribution in [3.8, 4) is 11.3 Å². The Morgan fingerprint density at radius 3 is 2.61 bits per heavy atom. The molecule has 1 aliphatic carbocycles. The second-order valence-corrected chi connectivity index (χ2v) is 8.08. The van der Waals surface area contributed by atoms with Crippen molar-refractivity contribution in [2.45, 2.75) is 25.7 Å². The van der Waals surface area contributed by atoms with E-state index in [1.807, 2.05) is 34.9 Å². The Morgan fingerprint density at radius 1 is 0.970 bits per heavy atom. The number of benzene rings is 2. The number of aromatic amines is 1. The number of amides is 1. The van der Waals surface area contributed by atoms with E-state index < -0.39 is 5.91 Å². The Kier molecular flexibility index (Phi) is 4.46. The predicted octanol–water partition coefficient (Wildman–Crippen LogP) is 3.16. The number of aryl methyl sites for hydroxylation is 2. The maximum atomic E-state index is 12.8. The minimum Gasteiger partial charge on any atom is -0.321 e. The van der Waals surface area contributed by atoms with Crippen molar-refractivity contribution in [3.05, 3.63) is 82.2 Å². The molecule has 0 spiro atoms. The number of fused-ring (bicyclic) bond motifs is 4. The highest BCUT2D eigenvalue weighted by atomic mass is 16.2. The van der Waals surface area contributed by atoms with E-state index >= 15 is 0 Å². The van der Waals surface area contributed by atoms with Gasteiger partial charge in [-0.2, -0.15) is 10.2 Å². The van der Waals surface area contributed by atoms with Gasteiger partial charge in [-0.25, -0.2) is 10.1 Å². The fraction of sp³-hybridized carbons (Fsp3) is 0.167. The van der Waals surface area contributed by atoms with Crippen molar-refractivity contribution in [2.24, 2.45) is 0 Å². The van der Waals surface area contributed by atoms with Crippen molar-refractivity contribution in [2.75, 3.05) is 5.32 Å². The zero-order chi connectivity index (χ0) is 22.4. The van der Waals surface area contributed by atoms with Crippen LogP contribution in [0.5, 0.6) is 0 Å². The molecule has 0 unspecified atom stereocenters. The Labute approximate surface area is 187 Å². The summed E-state index contributed by atoms with van der Waals surface area (Å²) in [6.45, 7) is 0. The number of nitrogens with zero attached hydrogens (tertiary/aromatic N) is 5. The average Bonchev–Trinajstić information content (AvgIpc) is 3.30. The monoisotopic (exact) mass is 437 g/mol. The van der Waals surface area contributed by atoms with Gasteiger partial charge < -0.3 is 5.32 Å². The third-order valence-electron chi connectivity index (χ3n) is 6.00. The first kappa shape index (κ1) is 19.3. The van der Waals surface area contributed by atoms with Gasteiger partial charge in [-0.05, 0) is 43.9 Å². The van der Waals surface area contributed by atoms with Crippen LogP contribution >= 0.6 is 0 Å². The Balaban J connectivity index is 1.28. The number of carbonyl (C=O) groups excluding carboxylic acids is 1. The lowest BCUT2D eigenvalue weighted by Crippen LogP contribution is -2.19. The SMILES string of the molecule is O=C(Nc1ccc(-c2cn3c4c(nnc3n2)CCCC4)cc1)c1n[nH]c(=O)c2ccccc12. The van der Waals surface area contributed by atoms with Gasteiger partial charge in [-0.15, -0.1) is 5.10 Å². The van der Waals surface area contributed by atoms with Gasteiger partial charge in [0.05, 0.1) is 16.8 Å². The molecule has 0 saturated carbocycles. The number of aromatic nitrogens is 6. The van der Waals surface area contributed by atoms with Gasteiger partial charge in [0, 0.05) is 28.5 Å². The molecular formula is C24H19N7O2. The predicted molar refractivity (Wildman–Crippen MR) is 123 cm³/mol. The van der Waals surface area contributed by atoms with E-state index in [1.54, 1.807) is 24.3 Å². The highest BCUT2D eigenvalue weighted by Gasteiger charge is 2.17. The lowest BCUT2D eigenvalue weighted by Gasteiger charge is -2.14. The Hall–Kier alpha value is -4.40. The number of carbonyl (C=O) groups is 1. The van der Waals surface area contributed by atoms with Crippen molar-refractivity contribution in [3.63, 3.8) is 0 Å². The van der Waals surface area contributed by atoms with Crippen LogP contribution in [0.3, 0.4) is 0 Å². The molecule has 2 aromatic carbocycles. The molecule has 0 radical (unpaired) electrons. The number of H-pyrrole nitrogens is 1. The number of hydrogen-bond acceptors (Lipinski definition) is 6. The summed E-state index contributed by atoms with van der Waals surface area (Å²) < 4.78 is 2.04. The van der Waals surface area contributed by atoms with Crippen LogP contribution in [0.25, 0.3) is 27.8 Å². The standard InChI is InChI=1S/C24H19N7O2/c32-22-17-6-2-1-5-16(17)21(28-29-22)23(33)25-15-11-9-14(10-12-15)19-13-31-20-8-4-3-7-18(20)27-30-24(31)26-19/h1-2,5-6,9-13H,3-4,7-8H2,(H,25,33)(H,29,32). The summed E-state index contributed by atoms with van der Waals surface area (Å²) in [4.78, 5) is 29.4. The first-order chi connectivity index (χ1) is 16.2. The van der Waals surface area contributed by atoms with Gasteiger partial charge in [0.25, 0.3) is 17.2 Å². The smallest absolute Gasteiger partial charge is 0.276 e. The molecule has 2 N–H and O–H groups in total. The largest absolute Gasteiger partial charge is 0.321 e. The highest BCUT2D eigenvalue weighted by molar-refractivity contribution is 6.11. The van der Waals surface area contributed by atoms with Crippen LogP contribution in [-0.4, -0.2) is 35.7 Å². The number of rotatable bonds is 3. The van der Waals surface area contributed by atoms with Gasteiger partial charge >= 0.3 is 0 Å². The molecule has 3 aromatic heterocycles. The molecule has 1 amide bonds. The van der Waals surface area contributed by atoms with Crippen LogP contribution in [0.15, 0.2) is 59.5 Å². The second-order valence-electron chi connectivity index (χ2n) is 8.08. The van der Waals surface area contributed by atoms with Crippen molar-refractivity contribution in [1.82, 2.24) is 29.8 Å². The number of hydrogen-bond donors (Lipinski definition) is 2. The van der Waals surface area contributed by atoms with Crippen LogP contribution < -0.4 is 10.9 Å². The molecule has 6 rings (SSSR count). The fourth-order valence-corrected chi connectivity index (χ4v) is 4.33. The van der Waals surface area contributed by atoms with Crippen molar-refractivity contribution in [1.29, 1.82) is 0 Å². The van der Waals surface area contributed by atoms with Gasteiger partial charge in [0.15, 0.2) is 5.69 Å². The molecular weight excluding hydrogens is 418 g/mol. The summed E-state index contributed by atoms with van der Waals surface area (Å²) >= 11 is 0.